The van der Waals surface area contributed by atoms with E-state index in [1.54, 1.807) is 9.58 Å². The van der Waals surface area contributed by atoms with Gasteiger partial charge in [-0.3, -0.25) is 23.7 Å². The minimum Gasteiger partial charge on any atom is -0.483 e. The van der Waals surface area contributed by atoms with Gasteiger partial charge in [-0.1, -0.05) is 0 Å². The number of fused-ring (bicyclic) bond motifs is 2. The second kappa shape index (κ2) is 14.0. The summed E-state index contributed by atoms with van der Waals surface area (Å²) in [5, 5.41) is 11.8. The Bertz CT molecular complexity index is 1540. The summed E-state index contributed by atoms with van der Waals surface area (Å²) >= 11 is 4.64. The van der Waals surface area contributed by atoms with Gasteiger partial charge in [-0.15, -0.1) is 0 Å². The first kappa shape index (κ1) is 38.4. The summed E-state index contributed by atoms with van der Waals surface area (Å²) in [6.45, 7) is 22.0. The molecule has 0 unspecified atom stereocenters. The third kappa shape index (κ3) is 9.62. The number of halogens is 1. The van der Waals surface area contributed by atoms with Crippen molar-refractivity contribution < 1.29 is 33.4 Å². The van der Waals surface area contributed by atoms with Crippen LogP contribution in [-0.2, 0) is 20.6 Å². The van der Waals surface area contributed by atoms with E-state index in [-0.39, 0.29) is 39.6 Å². The average molecular weight is 705 g/mol. The third-order valence-corrected chi connectivity index (χ3v) is 8.72. The van der Waals surface area contributed by atoms with Gasteiger partial charge in [-0.25, -0.2) is 4.79 Å². The van der Waals surface area contributed by atoms with Gasteiger partial charge >= 0.3 is 6.09 Å². The fourth-order valence-electron chi connectivity index (χ4n) is 6.09. The number of ketones is 2. The van der Waals surface area contributed by atoms with Crippen molar-refractivity contribution in [3.05, 3.63) is 23.8 Å². The molecule has 2 saturated heterocycles. The highest BCUT2D eigenvalue weighted by atomic mass is 35.5. The Kier molecular flexibility index (Phi) is 11.0. The summed E-state index contributed by atoms with van der Waals surface area (Å²) < 4.78 is 21.5. The highest BCUT2D eigenvalue weighted by molar-refractivity contribution is 6.62. The number of carbonyl (C=O) groups excluding carboxylic acids is 4. The summed E-state index contributed by atoms with van der Waals surface area (Å²) in [4.78, 5) is 48.1. The van der Waals surface area contributed by atoms with Crippen LogP contribution in [0, 0.1) is 0 Å². The van der Waals surface area contributed by atoms with E-state index in [1.165, 1.54) is 6.92 Å². The molecule has 2 aromatic rings. The topological polar surface area (TPSA) is 147 Å². The molecule has 0 bridgehead atoms. The number of rotatable bonds is 0. The molecule has 0 saturated carbocycles. The third-order valence-electron chi connectivity index (χ3n) is 8.72. The Labute approximate surface area is 294 Å². The van der Waals surface area contributed by atoms with E-state index in [4.69, 9.17) is 14.2 Å². The van der Waals surface area contributed by atoms with Crippen LogP contribution in [-0.4, -0.2) is 90.3 Å². The molecular weight excluding hydrogens is 652 g/mol. The Morgan fingerprint density at radius 3 is 1.53 bits per heavy atom. The van der Waals surface area contributed by atoms with E-state index in [0.717, 1.165) is 25.9 Å². The largest absolute Gasteiger partial charge is 0.483 e. The van der Waals surface area contributed by atoms with Crippen LogP contribution in [0.1, 0.15) is 129 Å². The number of likely N-dealkylation sites (tertiary alicyclic amines) is 1. The number of hydrogen-bond acceptors (Lipinski definition) is 10. The van der Waals surface area contributed by atoms with E-state index < -0.39 is 11.2 Å². The average Bonchev–Trinajstić information content (AvgIpc) is 3.58. The highest BCUT2D eigenvalue weighted by Gasteiger charge is 2.46. The Balaban J connectivity index is 0.000000206. The lowest BCUT2D eigenvalue weighted by Gasteiger charge is -2.43. The molecule has 2 fully saturated rings. The number of nitrogens with one attached hydrogen (secondary N) is 1. The van der Waals surface area contributed by atoms with E-state index in [2.05, 4.69) is 47.9 Å². The standard InChI is InChI=1S/C19H29N3O4.C14H21N3O2.C2H3ClO/c1-17(2,3)22-12-14-15(20-22)13(23)11-19(25-14)7-9-21(10-8-19)16(24)26-18(4,5)6;1-13(2,3)17-9-11-12(16-17)10(18)8-14(19-11)4-6-15-7-5-14;1-2(3)4/h12H,7-11H2,1-6H3;9,15H,4-8H2,1-3H3;1H3. The molecule has 6 heterocycles. The number of piperidine rings is 2. The van der Waals surface area contributed by atoms with Crippen molar-refractivity contribution in [2.75, 3.05) is 26.2 Å². The molecule has 1 amide bonds. The molecule has 13 nitrogen and oxygen atoms in total. The van der Waals surface area contributed by atoms with Crippen molar-refractivity contribution in [2.24, 2.45) is 0 Å². The van der Waals surface area contributed by atoms with Crippen molar-refractivity contribution >= 4 is 34.5 Å². The van der Waals surface area contributed by atoms with Gasteiger partial charge in [0.15, 0.2) is 34.5 Å². The fraction of sp³-hybridized carbons (Fsp3) is 0.714. The fourth-order valence-corrected chi connectivity index (χ4v) is 6.09. The van der Waals surface area contributed by atoms with Crippen LogP contribution >= 0.6 is 11.6 Å². The second-order valence-electron chi connectivity index (χ2n) is 16.4. The normalized spacial score (nSPS) is 19.7. The number of ether oxygens (including phenoxy) is 3. The van der Waals surface area contributed by atoms with Crippen molar-refractivity contribution in [3.8, 4) is 11.5 Å². The number of carbonyl (C=O) groups is 4. The minimum absolute atomic E-state index is 0.0139. The zero-order chi connectivity index (χ0) is 36.6. The van der Waals surface area contributed by atoms with Gasteiger partial charge in [-0.2, -0.15) is 10.2 Å². The Morgan fingerprint density at radius 2 is 1.16 bits per heavy atom. The first-order chi connectivity index (χ1) is 22.5. The van der Waals surface area contributed by atoms with Crippen molar-refractivity contribution in [2.45, 2.75) is 136 Å². The quantitative estimate of drug-likeness (QED) is 0.330. The molecule has 0 radical (unpaired) electrons. The van der Waals surface area contributed by atoms with E-state index in [1.807, 2.05) is 58.6 Å². The number of nitrogens with zero attached hydrogens (tertiary/aromatic N) is 5. The molecule has 1 N–H and O–H groups in total. The first-order valence-electron chi connectivity index (χ1n) is 17.0. The van der Waals surface area contributed by atoms with Crippen LogP contribution in [0.25, 0.3) is 0 Å². The van der Waals surface area contributed by atoms with Crippen LogP contribution in [0.3, 0.4) is 0 Å². The molecule has 272 valence electrons. The second-order valence-corrected chi connectivity index (χ2v) is 16.9. The zero-order valence-electron chi connectivity index (χ0n) is 30.7. The smallest absolute Gasteiger partial charge is 0.410 e. The monoisotopic (exact) mass is 704 g/mol. The number of Topliss-reactive ketones (excluding diaryl/α,β-unsaturated/α-hetero) is 2. The van der Waals surface area contributed by atoms with Crippen molar-refractivity contribution in [1.29, 1.82) is 0 Å². The highest BCUT2D eigenvalue weighted by Crippen LogP contribution is 2.40. The predicted octanol–water partition coefficient (Wildman–Crippen LogP) is 5.87. The maximum absolute atomic E-state index is 12.6. The SMILES string of the molecule is CC(=O)Cl.CC(C)(C)OC(=O)N1CCC2(CC1)CC(=O)c1nn(C(C)(C)C)cc1O2.CC(C)(C)n1cc2c(n1)C(=O)CC1(CCNCC1)O2. The van der Waals surface area contributed by atoms with Gasteiger partial charge < -0.3 is 24.4 Å². The summed E-state index contributed by atoms with van der Waals surface area (Å²) in [7, 11) is 0. The van der Waals surface area contributed by atoms with Gasteiger partial charge in [0.1, 0.15) is 16.8 Å². The Hall–Kier alpha value is -3.45. The van der Waals surface area contributed by atoms with Crippen LogP contribution < -0.4 is 14.8 Å². The van der Waals surface area contributed by atoms with E-state index in [9.17, 15) is 19.2 Å². The summed E-state index contributed by atoms with van der Waals surface area (Å²) in [6, 6.07) is 0. The molecule has 0 aromatic carbocycles. The Morgan fingerprint density at radius 1 is 0.776 bits per heavy atom. The molecule has 6 rings (SSSR count). The molecule has 0 aliphatic carbocycles. The van der Waals surface area contributed by atoms with Gasteiger partial charge in [0.05, 0.1) is 36.3 Å². The maximum Gasteiger partial charge on any atom is 0.410 e. The number of aromatic nitrogens is 4. The van der Waals surface area contributed by atoms with Gasteiger partial charge in [0.25, 0.3) is 0 Å². The van der Waals surface area contributed by atoms with Gasteiger partial charge in [-0.05, 0) is 87.0 Å². The summed E-state index contributed by atoms with van der Waals surface area (Å²) in [6.07, 6.45) is 7.14. The molecule has 4 aliphatic heterocycles. The molecule has 4 aliphatic rings. The lowest BCUT2D eigenvalue weighted by molar-refractivity contribution is -0.109. The van der Waals surface area contributed by atoms with Crippen LogP contribution in [0.5, 0.6) is 11.5 Å². The lowest BCUT2D eigenvalue weighted by Crippen LogP contribution is -2.52. The molecule has 2 spiro atoms. The van der Waals surface area contributed by atoms with Crippen LogP contribution in [0.2, 0.25) is 0 Å². The van der Waals surface area contributed by atoms with Crippen LogP contribution in [0.4, 0.5) is 4.79 Å². The van der Waals surface area contributed by atoms with Gasteiger partial charge in [0, 0.05) is 45.7 Å². The molecule has 0 atom stereocenters. The zero-order valence-corrected chi connectivity index (χ0v) is 31.5. The molecule has 2 aromatic heterocycles. The van der Waals surface area contributed by atoms with Crippen LogP contribution in [0.15, 0.2) is 12.4 Å². The lowest BCUT2D eigenvalue weighted by atomic mass is 9.84. The van der Waals surface area contributed by atoms with Crippen molar-refractivity contribution in [1.82, 2.24) is 29.8 Å². The van der Waals surface area contributed by atoms with Gasteiger partial charge in [0.2, 0.25) is 5.24 Å². The maximum atomic E-state index is 12.6. The predicted molar refractivity (Wildman–Crippen MR) is 185 cm³/mol. The molecule has 49 heavy (non-hydrogen) atoms. The molecular formula is C35H53ClN6O7. The van der Waals surface area contributed by atoms with E-state index in [0.29, 0.717) is 61.7 Å². The number of amides is 1. The minimum atomic E-state index is -0.547. The van der Waals surface area contributed by atoms with E-state index >= 15 is 0 Å². The molecule has 14 heteroatoms. The van der Waals surface area contributed by atoms with Crippen molar-refractivity contribution in [3.63, 3.8) is 0 Å². The first-order valence-corrected chi connectivity index (χ1v) is 17.4. The number of hydrogen-bond donors (Lipinski definition) is 1. The summed E-state index contributed by atoms with van der Waals surface area (Å²) in [5.74, 6) is 1.35. The summed E-state index contributed by atoms with van der Waals surface area (Å²) in [5.41, 5.74) is -0.800.